The highest BCUT2D eigenvalue weighted by molar-refractivity contribution is 7.99. The number of methoxy groups -OCH3 is 1. The van der Waals surface area contributed by atoms with Crippen LogP contribution in [0.15, 0.2) is 59.5 Å². The Kier molecular flexibility index (Phi) is 8.35. The molecule has 0 fully saturated rings. The maximum absolute atomic E-state index is 11.9. The molecule has 0 saturated carbocycles. The summed E-state index contributed by atoms with van der Waals surface area (Å²) in [5.41, 5.74) is 1.28. The van der Waals surface area contributed by atoms with Crippen LogP contribution in [0.5, 0.6) is 5.75 Å². The van der Waals surface area contributed by atoms with Crippen molar-refractivity contribution in [1.29, 1.82) is 0 Å². The molecule has 0 aliphatic heterocycles. The van der Waals surface area contributed by atoms with E-state index in [2.05, 4.69) is 29.4 Å². The maximum atomic E-state index is 11.9. The summed E-state index contributed by atoms with van der Waals surface area (Å²) in [6, 6.07) is 18.2. The molecular weight excluding hydrogens is 332 g/mol. The van der Waals surface area contributed by atoms with Gasteiger partial charge in [0.25, 0.3) is 0 Å². The summed E-state index contributed by atoms with van der Waals surface area (Å²) in [6.07, 6.45) is 0.527. The van der Waals surface area contributed by atoms with E-state index in [0.29, 0.717) is 13.0 Å². The summed E-state index contributed by atoms with van der Waals surface area (Å²) in [6.45, 7) is 2.41. The number of hydrogen-bond acceptors (Lipinski definition) is 4. The highest BCUT2D eigenvalue weighted by atomic mass is 32.2. The maximum Gasteiger partial charge on any atom is 0.220 e. The zero-order valence-corrected chi connectivity index (χ0v) is 15.7. The van der Waals surface area contributed by atoms with Crippen molar-refractivity contribution in [3.05, 3.63) is 60.2 Å². The first-order valence-corrected chi connectivity index (χ1v) is 9.42. The fraction of sp³-hybridized carbons (Fsp3) is 0.350. The van der Waals surface area contributed by atoms with Gasteiger partial charge in [-0.3, -0.25) is 4.79 Å². The number of ether oxygens (including phenoxy) is 1. The Bertz CT molecular complexity index is 632. The first-order valence-electron chi connectivity index (χ1n) is 8.43. The van der Waals surface area contributed by atoms with E-state index < -0.39 is 0 Å². The third-order valence-corrected chi connectivity index (χ3v) is 4.78. The molecule has 5 heteroatoms. The lowest BCUT2D eigenvalue weighted by Gasteiger charge is -2.17. The Balaban J connectivity index is 1.57. The topological polar surface area (TPSA) is 41.6 Å². The SMILES string of the molecule is COc1ccc(SCCC(=O)NCCN(C)Cc2ccccc2)cc1. The van der Waals surface area contributed by atoms with Crippen LogP contribution in [0.25, 0.3) is 0 Å². The van der Waals surface area contributed by atoms with E-state index in [9.17, 15) is 4.79 Å². The molecule has 2 aromatic rings. The number of nitrogens with zero attached hydrogens (tertiary/aromatic N) is 1. The summed E-state index contributed by atoms with van der Waals surface area (Å²) in [4.78, 5) is 15.3. The molecule has 1 amide bonds. The molecule has 134 valence electrons. The van der Waals surface area contributed by atoms with Crippen molar-refractivity contribution in [2.45, 2.75) is 17.9 Å². The number of hydrogen-bond donors (Lipinski definition) is 1. The normalized spacial score (nSPS) is 10.7. The number of rotatable bonds is 10. The largest absolute Gasteiger partial charge is 0.497 e. The third-order valence-electron chi connectivity index (χ3n) is 3.77. The van der Waals surface area contributed by atoms with Gasteiger partial charge in [-0.15, -0.1) is 11.8 Å². The highest BCUT2D eigenvalue weighted by Gasteiger charge is 2.04. The molecule has 0 atom stereocenters. The third kappa shape index (κ3) is 7.63. The molecule has 0 bridgehead atoms. The summed E-state index contributed by atoms with van der Waals surface area (Å²) in [7, 11) is 3.72. The zero-order valence-electron chi connectivity index (χ0n) is 14.9. The second kappa shape index (κ2) is 10.8. The zero-order chi connectivity index (χ0) is 17.9. The second-order valence-electron chi connectivity index (χ2n) is 5.85. The van der Waals surface area contributed by atoms with Gasteiger partial charge in [0.05, 0.1) is 7.11 Å². The van der Waals surface area contributed by atoms with Gasteiger partial charge in [0.2, 0.25) is 5.91 Å². The van der Waals surface area contributed by atoms with E-state index >= 15 is 0 Å². The Morgan fingerprint density at radius 2 is 1.84 bits per heavy atom. The van der Waals surface area contributed by atoms with Crippen molar-refractivity contribution >= 4 is 17.7 Å². The first-order chi connectivity index (χ1) is 12.2. The Hall–Kier alpha value is -1.98. The van der Waals surface area contributed by atoms with E-state index in [0.717, 1.165) is 29.5 Å². The van der Waals surface area contributed by atoms with Crippen molar-refractivity contribution in [2.24, 2.45) is 0 Å². The molecule has 0 unspecified atom stereocenters. The van der Waals surface area contributed by atoms with Crippen molar-refractivity contribution in [2.75, 3.05) is 33.0 Å². The van der Waals surface area contributed by atoms with Gasteiger partial charge in [-0.1, -0.05) is 30.3 Å². The number of likely N-dealkylation sites (N-methyl/N-ethyl adjacent to an activating group) is 1. The van der Waals surface area contributed by atoms with Gasteiger partial charge >= 0.3 is 0 Å². The van der Waals surface area contributed by atoms with E-state index in [-0.39, 0.29) is 5.91 Å². The Labute approximate surface area is 154 Å². The number of carbonyl (C=O) groups is 1. The quantitative estimate of drug-likeness (QED) is 0.661. The van der Waals surface area contributed by atoms with Crippen LogP contribution in [-0.2, 0) is 11.3 Å². The van der Waals surface area contributed by atoms with E-state index in [4.69, 9.17) is 4.74 Å². The van der Waals surface area contributed by atoms with Crippen LogP contribution in [0.4, 0.5) is 0 Å². The predicted molar refractivity (Wildman–Crippen MR) is 104 cm³/mol. The van der Waals surface area contributed by atoms with Crippen molar-refractivity contribution in [1.82, 2.24) is 10.2 Å². The molecule has 0 aliphatic carbocycles. The van der Waals surface area contributed by atoms with Gasteiger partial charge in [0.1, 0.15) is 5.75 Å². The van der Waals surface area contributed by atoms with Crippen molar-refractivity contribution < 1.29 is 9.53 Å². The summed E-state index contributed by atoms with van der Waals surface area (Å²) in [5, 5.41) is 2.99. The minimum Gasteiger partial charge on any atom is -0.497 e. The monoisotopic (exact) mass is 358 g/mol. The number of nitrogens with one attached hydrogen (secondary N) is 1. The van der Waals surface area contributed by atoms with Crippen molar-refractivity contribution in [3.63, 3.8) is 0 Å². The predicted octanol–water partition coefficient (Wildman–Crippen LogP) is 3.43. The lowest BCUT2D eigenvalue weighted by atomic mass is 10.2. The molecule has 0 aliphatic rings. The molecule has 0 spiro atoms. The van der Waals surface area contributed by atoms with Crippen LogP contribution in [-0.4, -0.2) is 43.8 Å². The van der Waals surface area contributed by atoms with Gasteiger partial charge in [0.15, 0.2) is 0 Å². The molecule has 0 aromatic heterocycles. The van der Waals surface area contributed by atoms with Crippen LogP contribution < -0.4 is 10.1 Å². The summed E-state index contributed by atoms with van der Waals surface area (Å²) < 4.78 is 5.14. The lowest BCUT2D eigenvalue weighted by Crippen LogP contribution is -2.32. The minimum atomic E-state index is 0.106. The van der Waals surface area contributed by atoms with Crippen LogP contribution >= 0.6 is 11.8 Å². The van der Waals surface area contributed by atoms with Crippen LogP contribution in [0.2, 0.25) is 0 Å². The Morgan fingerprint density at radius 1 is 1.12 bits per heavy atom. The highest BCUT2D eigenvalue weighted by Crippen LogP contribution is 2.21. The Morgan fingerprint density at radius 3 is 2.52 bits per heavy atom. The van der Waals surface area contributed by atoms with Gasteiger partial charge in [-0.2, -0.15) is 0 Å². The van der Waals surface area contributed by atoms with E-state index in [1.165, 1.54) is 5.56 Å². The fourth-order valence-electron chi connectivity index (χ4n) is 2.38. The van der Waals surface area contributed by atoms with Crippen LogP contribution in [0, 0.1) is 0 Å². The standard InChI is InChI=1S/C20H26N2O2S/c1-22(16-17-6-4-3-5-7-17)14-13-21-20(23)12-15-25-19-10-8-18(24-2)9-11-19/h3-11H,12-16H2,1-2H3,(H,21,23). The molecule has 1 N–H and O–H groups in total. The molecule has 0 radical (unpaired) electrons. The smallest absolute Gasteiger partial charge is 0.220 e. The average molecular weight is 359 g/mol. The summed E-state index contributed by atoms with van der Waals surface area (Å²) in [5.74, 6) is 1.73. The average Bonchev–Trinajstić information content (AvgIpc) is 2.63. The van der Waals surface area contributed by atoms with Gasteiger partial charge in [-0.25, -0.2) is 0 Å². The van der Waals surface area contributed by atoms with Crippen molar-refractivity contribution in [3.8, 4) is 5.75 Å². The number of carbonyl (C=O) groups excluding carboxylic acids is 1. The fourth-order valence-corrected chi connectivity index (χ4v) is 3.23. The molecule has 0 saturated heterocycles. The molecule has 4 nitrogen and oxygen atoms in total. The minimum absolute atomic E-state index is 0.106. The van der Waals surface area contributed by atoms with Crippen LogP contribution in [0.3, 0.4) is 0 Å². The number of amides is 1. The van der Waals surface area contributed by atoms with Crippen LogP contribution in [0.1, 0.15) is 12.0 Å². The van der Waals surface area contributed by atoms with E-state index in [1.807, 2.05) is 42.5 Å². The molecule has 2 aromatic carbocycles. The molecule has 25 heavy (non-hydrogen) atoms. The molecule has 2 rings (SSSR count). The molecular formula is C20H26N2O2S. The lowest BCUT2D eigenvalue weighted by molar-refractivity contribution is -0.120. The number of benzene rings is 2. The molecule has 0 heterocycles. The first kappa shape index (κ1) is 19.3. The van der Waals surface area contributed by atoms with Gasteiger partial charge in [-0.05, 0) is 36.9 Å². The van der Waals surface area contributed by atoms with Gasteiger partial charge in [0, 0.05) is 36.7 Å². The number of thioether (sulfide) groups is 1. The van der Waals surface area contributed by atoms with E-state index in [1.54, 1.807) is 18.9 Å². The second-order valence-corrected chi connectivity index (χ2v) is 7.02. The summed E-state index contributed by atoms with van der Waals surface area (Å²) >= 11 is 1.68. The van der Waals surface area contributed by atoms with Gasteiger partial charge < -0.3 is 15.0 Å².